The molecule has 3 N–H and O–H groups in total. The number of rotatable bonds is 3. The zero-order chi connectivity index (χ0) is 21.3. The molecule has 0 spiro atoms. The molecule has 2 heterocycles. The molecule has 1 aromatic carbocycles. The van der Waals surface area contributed by atoms with E-state index in [-0.39, 0.29) is 12.1 Å². The Labute approximate surface area is 178 Å². The van der Waals surface area contributed by atoms with E-state index >= 15 is 0 Å². The number of aryl methyl sites for hydroxylation is 1. The van der Waals surface area contributed by atoms with Gasteiger partial charge in [-0.1, -0.05) is 30.3 Å². The van der Waals surface area contributed by atoms with Crippen LogP contribution in [-0.4, -0.2) is 40.8 Å². The third-order valence-corrected chi connectivity index (χ3v) is 5.75. The fourth-order valence-corrected chi connectivity index (χ4v) is 4.43. The van der Waals surface area contributed by atoms with Crippen LogP contribution in [0.3, 0.4) is 0 Å². The van der Waals surface area contributed by atoms with E-state index in [4.69, 9.17) is 10.5 Å². The number of nitrogens with zero attached hydrogens (tertiary/aromatic N) is 3. The molecule has 2 atom stereocenters. The number of carbonyl (C=O) groups is 1. The molecule has 2 aromatic rings. The lowest BCUT2D eigenvalue weighted by molar-refractivity contribution is 0.0509. The first kappa shape index (κ1) is 20.4. The van der Waals surface area contributed by atoms with Gasteiger partial charge in [-0.25, -0.2) is 9.78 Å². The predicted octanol–water partition coefficient (Wildman–Crippen LogP) is 3.43. The molecular weight excluding hydrogens is 378 g/mol. The molecule has 2 aliphatic rings. The van der Waals surface area contributed by atoms with Crippen LogP contribution >= 0.6 is 0 Å². The van der Waals surface area contributed by atoms with Crippen LogP contribution in [0.15, 0.2) is 30.3 Å². The van der Waals surface area contributed by atoms with Crippen LogP contribution in [-0.2, 0) is 17.6 Å². The van der Waals surface area contributed by atoms with Gasteiger partial charge in [-0.2, -0.15) is 4.98 Å². The molecule has 160 valence electrons. The molecule has 7 nitrogen and oxygen atoms in total. The molecule has 1 saturated heterocycles. The third kappa shape index (κ3) is 4.66. The number of fused-ring (bicyclic) bond motifs is 1. The molecule has 1 fully saturated rings. The molecule has 1 aliphatic heterocycles. The Morgan fingerprint density at radius 3 is 2.70 bits per heavy atom. The molecule has 0 saturated carbocycles. The molecular formula is C23H31N5O2. The van der Waals surface area contributed by atoms with Crippen LogP contribution in [0.5, 0.6) is 0 Å². The van der Waals surface area contributed by atoms with E-state index in [0.717, 1.165) is 43.7 Å². The Morgan fingerprint density at radius 2 is 1.97 bits per heavy atom. The molecule has 1 aliphatic carbocycles. The second kappa shape index (κ2) is 8.13. The summed E-state index contributed by atoms with van der Waals surface area (Å²) in [4.78, 5) is 23.5. The number of ether oxygens (including phenoxy) is 1. The minimum atomic E-state index is -0.505. The number of nitrogen functional groups attached to an aromatic ring is 1. The van der Waals surface area contributed by atoms with Crippen molar-refractivity contribution >= 4 is 17.9 Å². The molecule has 1 amide bonds. The first-order valence-electron chi connectivity index (χ1n) is 10.7. The highest BCUT2D eigenvalue weighted by Crippen LogP contribution is 2.37. The number of benzene rings is 1. The summed E-state index contributed by atoms with van der Waals surface area (Å²) in [5.74, 6) is 1.71. The zero-order valence-corrected chi connectivity index (χ0v) is 18.0. The van der Waals surface area contributed by atoms with Crippen molar-refractivity contribution in [2.24, 2.45) is 0 Å². The number of amides is 1. The molecule has 4 rings (SSSR count). The number of nitrogens with one attached hydrogen (secondary N) is 1. The summed E-state index contributed by atoms with van der Waals surface area (Å²) >= 11 is 0. The van der Waals surface area contributed by atoms with Gasteiger partial charge in [-0.15, -0.1) is 0 Å². The summed E-state index contributed by atoms with van der Waals surface area (Å²) in [5.41, 5.74) is 9.16. The second-order valence-corrected chi connectivity index (χ2v) is 9.26. The third-order valence-electron chi connectivity index (χ3n) is 5.75. The average molecular weight is 410 g/mol. The van der Waals surface area contributed by atoms with Gasteiger partial charge in [0, 0.05) is 18.7 Å². The normalized spacial score (nSPS) is 21.2. The van der Waals surface area contributed by atoms with Crippen molar-refractivity contribution in [2.45, 2.75) is 64.0 Å². The van der Waals surface area contributed by atoms with E-state index in [9.17, 15) is 4.79 Å². The lowest BCUT2D eigenvalue weighted by atomic mass is 9.82. The standard InChI is InChI=1S/C23H31N5O2/c1-23(2,3)30-22(29)25-17-11-12-28(14-17)20-18-13-16(15-7-5-4-6-8-15)9-10-19(18)26-21(24)27-20/h4-8,16-17H,9-14H2,1-3H3,(H,25,29)(H2,24,26,27). The van der Waals surface area contributed by atoms with E-state index in [1.54, 1.807) is 0 Å². The number of hydrogen-bond donors (Lipinski definition) is 2. The highest BCUT2D eigenvalue weighted by Gasteiger charge is 2.31. The van der Waals surface area contributed by atoms with E-state index in [1.165, 1.54) is 11.1 Å². The maximum absolute atomic E-state index is 12.1. The number of hydrogen-bond acceptors (Lipinski definition) is 6. The molecule has 7 heteroatoms. The van der Waals surface area contributed by atoms with Crippen LogP contribution in [0, 0.1) is 0 Å². The van der Waals surface area contributed by atoms with Crippen molar-refractivity contribution in [2.75, 3.05) is 23.7 Å². The topological polar surface area (TPSA) is 93.4 Å². The number of anilines is 2. The Kier molecular flexibility index (Phi) is 5.54. The van der Waals surface area contributed by atoms with Crippen LogP contribution in [0.2, 0.25) is 0 Å². The van der Waals surface area contributed by atoms with Gasteiger partial charge >= 0.3 is 6.09 Å². The Morgan fingerprint density at radius 1 is 1.20 bits per heavy atom. The quantitative estimate of drug-likeness (QED) is 0.807. The maximum atomic E-state index is 12.1. The number of aromatic nitrogens is 2. The van der Waals surface area contributed by atoms with Gasteiger partial charge < -0.3 is 20.7 Å². The van der Waals surface area contributed by atoms with Gasteiger partial charge in [0.15, 0.2) is 0 Å². The first-order valence-corrected chi connectivity index (χ1v) is 10.7. The summed E-state index contributed by atoms with van der Waals surface area (Å²) < 4.78 is 5.40. The second-order valence-electron chi connectivity index (χ2n) is 9.26. The number of nitrogens with two attached hydrogens (primary N) is 1. The van der Waals surface area contributed by atoms with Gasteiger partial charge in [0.1, 0.15) is 11.4 Å². The maximum Gasteiger partial charge on any atom is 0.407 e. The Bertz CT molecular complexity index is 910. The Balaban J connectivity index is 1.50. The lowest BCUT2D eigenvalue weighted by Crippen LogP contribution is -2.40. The van der Waals surface area contributed by atoms with Crippen molar-refractivity contribution in [3.8, 4) is 0 Å². The molecule has 0 radical (unpaired) electrons. The smallest absolute Gasteiger partial charge is 0.407 e. The lowest BCUT2D eigenvalue weighted by Gasteiger charge is -2.29. The van der Waals surface area contributed by atoms with Crippen molar-refractivity contribution in [1.82, 2.24) is 15.3 Å². The SMILES string of the molecule is CC(C)(C)OC(=O)NC1CCN(c2nc(N)nc3c2CC(c2ccccc2)CC3)C1. The van der Waals surface area contributed by atoms with Gasteiger partial charge in [-0.3, -0.25) is 0 Å². The van der Waals surface area contributed by atoms with Crippen LogP contribution in [0.4, 0.5) is 16.6 Å². The highest BCUT2D eigenvalue weighted by atomic mass is 16.6. The first-order chi connectivity index (χ1) is 14.3. The highest BCUT2D eigenvalue weighted by molar-refractivity contribution is 5.68. The molecule has 1 aromatic heterocycles. The van der Waals surface area contributed by atoms with Gasteiger partial charge in [0.2, 0.25) is 5.95 Å². The minimum absolute atomic E-state index is 0.0280. The molecule has 2 unspecified atom stereocenters. The van der Waals surface area contributed by atoms with Crippen LogP contribution in [0.25, 0.3) is 0 Å². The van der Waals surface area contributed by atoms with Crippen molar-refractivity contribution < 1.29 is 9.53 Å². The van der Waals surface area contributed by atoms with Gasteiger partial charge in [0.25, 0.3) is 0 Å². The monoisotopic (exact) mass is 409 g/mol. The van der Waals surface area contributed by atoms with Gasteiger partial charge in [-0.05, 0) is 57.9 Å². The van der Waals surface area contributed by atoms with E-state index < -0.39 is 5.60 Å². The van der Waals surface area contributed by atoms with E-state index in [0.29, 0.717) is 18.4 Å². The summed E-state index contributed by atoms with van der Waals surface area (Å²) in [5, 5.41) is 2.99. The fraction of sp³-hybridized carbons (Fsp3) is 0.522. The van der Waals surface area contributed by atoms with Crippen molar-refractivity contribution in [3.05, 3.63) is 47.2 Å². The van der Waals surface area contributed by atoms with E-state index in [1.807, 2.05) is 20.8 Å². The number of carbonyl (C=O) groups excluding carboxylic acids is 1. The summed E-state index contributed by atoms with van der Waals surface area (Å²) in [7, 11) is 0. The largest absolute Gasteiger partial charge is 0.444 e. The molecule has 30 heavy (non-hydrogen) atoms. The van der Waals surface area contributed by atoms with Crippen LogP contribution in [0.1, 0.15) is 56.4 Å². The Hall–Kier alpha value is -2.83. The summed E-state index contributed by atoms with van der Waals surface area (Å²) in [6.07, 6.45) is 3.36. The van der Waals surface area contributed by atoms with Crippen LogP contribution < -0.4 is 16.0 Å². The number of alkyl carbamates (subject to hydrolysis) is 1. The fourth-order valence-electron chi connectivity index (χ4n) is 4.43. The predicted molar refractivity (Wildman–Crippen MR) is 118 cm³/mol. The van der Waals surface area contributed by atoms with Crippen molar-refractivity contribution in [1.29, 1.82) is 0 Å². The summed E-state index contributed by atoms with van der Waals surface area (Å²) in [6.45, 7) is 7.11. The van der Waals surface area contributed by atoms with E-state index in [2.05, 4.69) is 50.5 Å². The average Bonchev–Trinajstić information content (AvgIpc) is 3.14. The van der Waals surface area contributed by atoms with Crippen molar-refractivity contribution in [3.63, 3.8) is 0 Å². The minimum Gasteiger partial charge on any atom is -0.444 e. The summed E-state index contributed by atoms with van der Waals surface area (Å²) in [6, 6.07) is 10.7. The van der Waals surface area contributed by atoms with Gasteiger partial charge in [0.05, 0.1) is 11.7 Å². The zero-order valence-electron chi connectivity index (χ0n) is 18.0. The molecule has 0 bridgehead atoms.